The van der Waals surface area contributed by atoms with E-state index in [1.165, 1.54) is 0 Å². The molecule has 0 aliphatic rings. The lowest BCUT2D eigenvalue weighted by Crippen LogP contribution is -2.23. The van der Waals surface area contributed by atoms with Crippen LogP contribution >= 0.6 is 0 Å². The second-order valence-corrected chi connectivity index (χ2v) is 5.45. The summed E-state index contributed by atoms with van der Waals surface area (Å²) >= 11 is 0. The van der Waals surface area contributed by atoms with E-state index in [1.54, 1.807) is 19.4 Å². The van der Waals surface area contributed by atoms with Crippen LogP contribution in [0.4, 0.5) is 11.4 Å². The number of para-hydroxylation sites is 1. The van der Waals surface area contributed by atoms with Crippen molar-refractivity contribution in [3.8, 4) is 5.75 Å². The van der Waals surface area contributed by atoms with E-state index in [2.05, 4.69) is 15.6 Å². The molecule has 3 aromatic rings. The Labute approximate surface area is 146 Å². The largest absolute Gasteiger partial charge is 0.497 e. The maximum atomic E-state index is 12.2. The van der Waals surface area contributed by atoms with Crippen LogP contribution in [0.3, 0.4) is 0 Å². The van der Waals surface area contributed by atoms with Crippen molar-refractivity contribution >= 4 is 17.3 Å². The van der Waals surface area contributed by atoms with Crippen molar-refractivity contribution in [2.24, 2.45) is 0 Å². The van der Waals surface area contributed by atoms with Crippen molar-refractivity contribution in [2.45, 2.75) is 6.54 Å². The number of carbonyl (C=O) groups is 1. The predicted octanol–water partition coefficient (Wildman–Crippen LogP) is 3.76. The number of ether oxygens (including phenoxy) is 1. The predicted molar refractivity (Wildman–Crippen MR) is 98.1 cm³/mol. The molecule has 0 unspecified atom stereocenters. The van der Waals surface area contributed by atoms with Gasteiger partial charge < -0.3 is 15.4 Å². The van der Waals surface area contributed by atoms with Crippen LogP contribution in [0.5, 0.6) is 5.75 Å². The Balaban J connectivity index is 1.56. The van der Waals surface area contributed by atoms with Gasteiger partial charge in [0.15, 0.2) is 0 Å². The van der Waals surface area contributed by atoms with E-state index in [0.717, 1.165) is 22.7 Å². The molecule has 0 bridgehead atoms. The number of carbonyl (C=O) groups excluding carboxylic acids is 1. The molecule has 3 rings (SSSR count). The third kappa shape index (κ3) is 4.57. The molecule has 2 N–H and O–H groups in total. The summed E-state index contributed by atoms with van der Waals surface area (Å²) in [5, 5.41) is 6.09. The number of methoxy groups -OCH3 is 1. The summed E-state index contributed by atoms with van der Waals surface area (Å²) in [6, 6.07) is 20.9. The van der Waals surface area contributed by atoms with Crippen LogP contribution in [0.2, 0.25) is 0 Å². The number of benzene rings is 2. The average molecular weight is 333 g/mol. The van der Waals surface area contributed by atoms with Crippen molar-refractivity contribution in [1.29, 1.82) is 0 Å². The van der Waals surface area contributed by atoms with E-state index in [4.69, 9.17) is 4.74 Å². The molecule has 0 saturated heterocycles. The van der Waals surface area contributed by atoms with Gasteiger partial charge in [-0.2, -0.15) is 0 Å². The maximum absolute atomic E-state index is 12.2. The number of amides is 1. The van der Waals surface area contributed by atoms with E-state index in [9.17, 15) is 4.79 Å². The van der Waals surface area contributed by atoms with Crippen LogP contribution in [-0.2, 0) is 6.54 Å². The Morgan fingerprint density at radius 2 is 1.72 bits per heavy atom. The Bertz CT molecular complexity index is 816. The fourth-order valence-electron chi connectivity index (χ4n) is 2.31. The first-order chi connectivity index (χ1) is 12.2. The SMILES string of the molecule is COc1ccc(CNC(=O)c2ccc(Nc3ccccc3)cn2)cc1. The molecule has 0 fully saturated rings. The summed E-state index contributed by atoms with van der Waals surface area (Å²) in [5.74, 6) is 0.584. The fraction of sp³-hybridized carbons (Fsp3) is 0.100. The van der Waals surface area contributed by atoms with Crippen molar-refractivity contribution < 1.29 is 9.53 Å². The monoisotopic (exact) mass is 333 g/mol. The lowest BCUT2D eigenvalue weighted by molar-refractivity contribution is 0.0946. The minimum absolute atomic E-state index is 0.206. The summed E-state index contributed by atoms with van der Waals surface area (Å²) < 4.78 is 5.11. The van der Waals surface area contributed by atoms with Gasteiger partial charge in [0.25, 0.3) is 5.91 Å². The average Bonchev–Trinajstić information content (AvgIpc) is 2.68. The molecule has 126 valence electrons. The van der Waals surface area contributed by atoms with Crippen molar-refractivity contribution in [2.75, 3.05) is 12.4 Å². The number of anilines is 2. The smallest absolute Gasteiger partial charge is 0.270 e. The first-order valence-corrected chi connectivity index (χ1v) is 7.94. The third-order valence-corrected chi connectivity index (χ3v) is 3.67. The second-order valence-electron chi connectivity index (χ2n) is 5.45. The summed E-state index contributed by atoms with van der Waals surface area (Å²) in [7, 11) is 1.62. The molecule has 0 saturated carbocycles. The molecule has 25 heavy (non-hydrogen) atoms. The van der Waals surface area contributed by atoms with Crippen LogP contribution in [0.1, 0.15) is 16.1 Å². The zero-order valence-electron chi connectivity index (χ0n) is 13.9. The van der Waals surface area contributed by atoms with Gasteiger partial charge >= 0.3 is 0 Å². The zero-order valence-corrected chi connectivity index (χ0v) is 13.9. The molecule has 0 atom stereocenters. The molecular weight excluding hydrogens is 314 g/mol. The van der Waals surface area contributed by atoms with Gasteiger partial charge in [0.2, 0.25) is 0 Å². The minimum Gasteiger partial charge on any atom is -0.497 e. The lowest BCUT2D eigenvalue weighted by Gasteiger charge is -2.08. The lowest BCUT2D eigenvalue weighted by atomic mass is 10.2. The highest BCUT2D eigenvalue weighted by atomic mass is 16.5. The quantitative estimate of drug-likeness (QED) is 0.721. The topological polar surface area (TPSA) is 63.2 Å². The molecule has 5 nitrogen and oxygen atoms in total. The van der Waals surface area contributed by atoms with Gasteiger partial charge in [-0.25, -0.2) is 4.98 Å². The minimum atomic E-state index is -0.206. The molecule has 5 heteroatoms. The van der Waals surface area contributed by atoms with Crippen molar-refractivity contribution in [1.82, 2.24) is 10.3 Å². The first kappa shape index (κ1) is 16.5. The Kier molecular flexibility index (Phi) is 5.26. The maximum Gasteiger partial charge on any atom is 0.270 e. The molecule has 1 heterocycles. The van der Waals surface area contributed by atoms with Gasteiger partial charge in [-0.1, -0.05) is 30.3 Å². The van der Waals surface area contributed by atoms with Crippen molar-refractivity contribution in [3.63, 3.8) is 0 Å². The molecular formula is C20H19N3O2. The number of hydrogen-bond acceptors (Lipinski definition) is 4. The Morgan fingerprint density at radius 3 is 2.36 bits per heavy atom. The van der Waals surface area contributed by atoms with Gasteiger partial charge in [0, 0.05) is 12.2 Å². The summed E-state index contributed by atoms with van der Waals surface area (Å²) in [6.45, 7) is 0.439. The van der Waals surface area contributed by atoms with E-state index in [-0.39, 0.29) is 5.91 Å². The summed E-state index contributed by atoms with van der Waals surface area (Å²) in [6.07, 6.45) is 1.65. The summed E-state index contributed by atoms with van der Waals surface area (Å²) in [4.78, 5) is 16.4. The number of hydrogen-bond donors (Lipinski definition) is 2. The number of nitrogens with zero attached hydrogens (tertiary/aromatic N) is 1. The van der Waals surface area contributed by atoms with Gasteiger partial charge in [-0.05, 0) is 42.0 Å². The van der Waals surface area contributed by atoms with Crippen LogP contribution < -0.4 is 15.4 Å². The second kappa shape index (κ2) is 7.97. The normalized spacial score (nSPS) is 10.1. The van der Waals surface area contributed by atoms with Crippen LogP contribution in [0, 0.1) is 0 Å². The molecule has 2 aromatic carbocycles. The Morgan fingerprint density at radius 1 is 0.960 bits per heavy atom. The fourth-order valence-corrected chi connectivity index (χ4v) is 2.31. The molecule has 0 aliphatic carbocycles. The highest BCUT2D eigenvalue weighted by Gasteiger charge is 2.07. The number of nitrogens with one attached hydrogen (secondary N) is 2. The number of aromatic nitrogens is 1. The number of rotatable bonds is 6. The van der Waals surface area contributed by atoms with Gasteiger partial charge in [0.05, 0.1) is 19.0 Å². The third-order valence-electron chi connectivity index (χ3n) is 3.67. The van der Waals surface area contributed by atoms with Gasteiger partial charge in [-0.15, -0.1) is 0 Å². The Hall–Kier alpha value is -3.34. The van der Waals surface area contributed by atoms with Crippen molar-refractivity contribution in [3.05, 3.63) is 84.2 Å². The zero-order chi connectivity index (χ0) is 17.5. The molecule has 1 amide bonds. The molecule has 0 aliphatic heterocycles. The standard InChI is InChI=1S/C20H19N3O2/c1-25-18-10-7-15(8-11-18)13-22-20(24)19-12-9-17(14-21-19)23-16-5-3-2-4-6-16/h2-12,14,23H,13H2,1H3,(H,22,24). The molecule has 0 radical (unpaired) electrons. The van der Waals surface area contributed by atoms with Crippen LogP contribution in [0.15, 0.2) is 72.9 Å². The number of pyridine rings is 1. The van der Waals surface area contributed by atoms with E-state index in [0.29, 0.717) is 12.2 Å². The van der Waals surface area contributed by atoms with Gasteiger partial charge in [0.1, 0.15) is 11.4 Å². The highest BCUT2D eigenvalue weighted by Crippen LogP contribution is 2.15. The van der Waals surface area contributed by atoms with E-state index >= 15 is 0 Å². The van der Waals surface area contributed by atoms with E-state index in [1.807, 2.05) is 60.7 Å². The highest BCUT2D eigenvalue weighted by molar-refractivity contribution is 5.92. The molecule has 1 aromatic heterocycles. The van der Waals surface area contributed by atoms with Gasteiger partial charge in [-0.3, -0.25) is 4.79 Å². The molecule has 0 spiro atoms. The van der Waals surface area contributed by atoms with Crippen LogP contribution in [0.25, 0.3) is 0 Å². The van der Waals surface area contributed by atoms with E-state index < -0.39 is 0 Å². The first-order valence-electron chi connectivity index (χ1n) is 7.94. The van der Waals surface area contributed by atoms with Crippen LogP contribution in [-0.4, -0.2) is 18.0 Å². The summed E-state index contributed by atoms with van der Waals surface area (Å²) in [5.41, 5.74) is 3.18.